The predicted octanol–water partition coefficient (Wildman–Crippen LogP) is 3.18. The van der Waals surface area contributed by atoms with Crippen LogP contribution in [0.3, 0.4) is 0 Å². The van der Waals surface area contributed by atoms with Crippen LogP contribution in [-0.4, -0.2) is 55.6 Å². The number of amides is 1. The standard InChI is InChI=1S/C22H24N4O6S/c1-3-4-11-26(2)33(28,29)17-8-5-15(6-9-17)20(27)23-22-25-24-21(32-22)16-7-10-18-19(14-16)31-13-12-30-18/h5-10,14H,3-4,11-13H2,1-2H3,(H,23,25,27). The van der Waals surface area contributed by atoms with E-state index < -0.39 is 15.9 Å². The van der Waals surface area contributed by atoms with Crippen LogP contribution in [0.2, 0.25) is 0 Å². The molecule has 0 atom stereocenters. The van der Waals surface area contributed by atoms with Crippen LogP contribution in [-0.2, 0) is 10.0 Å². The highest BCUT2D eigenvalue weighted by Crippen LogP contribution is 2.34. The van der Waals surface area contributed by atoms with E-state index in [1.807, 2.05) is 6.92 Å². The molecular formula is C22H24N4O6S. The van der Waals surface area contributed by atoms with Crippen molar-refractivity contribution in [1.29, 1.82) is 0 Å². The number of hydrogen-bond acceptors (Lipinski definition) is 8. The summed E-state index contributed by atoms with van der Waals surface area (Å²) in [6.07, 6.45) is 1.67. The fraction of sp³-hybridized carbons (Fsp3) is 0.318. The Hall–Kier alpha value is -3.44. The summed E-state index contributed by atoms with van der Waals surface area (Å²) in [4.78, 5) is 12.7. The number of fused-ring (bicyclic) bond motifs is 1. The predicted molar refractivity (Wildman–Crippen MR) is 120 cm³/mol. The molecule has 0 saturated carbocycles. The molecule has 2 heterocycles. The summed E-state index contributed by atoms with van der Waals surface area (Å²) < 4.78 is 43.1. The third-order valence-electron chi connectivity index (χ3n) is 5.09. The summed E-state index contributed by atoms with van der Waals surface area (Å²) in [5.41, 5.74) is 0.873. The lowest BCUT2D eigenvalue weighted by atomic mass is 10.2. The Morgan fingerprint density at radius 1 is 1.06 bits per heavy atom. The second-order valence-corrected chi connectivity index (χ2v) is 9.47. The number of anilines is 1. The zero-order valence-electron chi connectivity index (χ0n) is 18.3. The molecule has 4 rings (SSSR count). The van der Waals surface area contributed by atoms with Crippen LogP contribution in [0.4, 0.5) is 6.01 Å². The fourth-order valence-corrected chi connectivity index (χ4v) is 4.40. The number of sulfonamides is 1. The van der Waals surface area contributed by atoms with Crippen LogP contribution in [0.1, 0.15) is 30.1 Å². The van der Waals surface area contributed by atoms with Gasteiger partial charge in [0.25, 0.3) is 5.91 Å². The first kappa shape index (κ1) is 22.7. The molecule has 2 aromatic carbocycles. The van der Waals surface area contributed by atoms with Gasteiger partial charge in [0.15, 0.2) is 11.5 Å². The molecule has 0 radical (unpaired) electrons. The van der Waals surface area contributed by atoms with Crippen molar-refractivity contribution < 1.29 is 27.1 Å². The fourth-order valence-electron chi connectivity index (χ4n) is 3.20. The van der Waals surface area contributed by atoms with Crippen molar-refractivity contribution in [2.45, 2.75) is 24.7 Å². The Balaban J connectivity index is 1.43. The van der Waals surface area contributed by atoms with Gasteiger partial charge in [-0.3, -0.25) is 10.1 Å². The second-order valence-electron chi connectivity index (χ2n) is 7.43. The molecule has 1 N–H and O–H groups in total. The number of rotatable bonds is 8. The van der Waals surface area contributed by atoms with Crippen molar-refractivity contribution in [3.8, 4) is 23.0 Å². The molecule has 1 amide bonds. The molecule has 0 saturated heterocycles. The minimum absolute atomic E-state index is 0.0825. The van der Waals surface area contributed by atoms with Gasteiger partial charge in [-0.15, -0.1) is 5.10 Å². The van der Waals surface area contributed by atoms with E-state index in [-0.39, 0.29) is 22.4 Å². The number of benzene rings is 2. The number of carbonyl (C=O) groups is 1. The highest BCUT2D eigenvalue weighted by Gasteiger charge is 2.21. The van der Waals surface area contributed by atoms with Crippen molar-refractivity contribution >= 4 is 21.9 Å². The quantitative estimate of drug-likeness (QED) is 0.530. The third kappa shape index (κ3) is 4.99. The van der Waals surface area contributed by atoms with Crippen molar-refractivity contribution in [3.63, 3.8) is 0 Å². The van der Waals surface area contributed by atoms with E-state index in [0.717, 1.165) is 12.8 Å². The van der Waals surface area contributed by atoms with Gasteiger partial charge in [-0.05, 0) is 48.9 Å². The van der Waals surface area contributed by atoms with Gasteiger partial charge in [-0.2, -0.15) is 0 Å². The van der Waals surface area contributed by atoms with Crippen LogP contribution >= 0.6 is 0 Å². The lowest BCUT2D eigenvalue weighted by Gasteiger charge is -2.18. The smallest absolute Gasteiger partial charge is 0.322 e. The largest absolute Gasteiger partial charge is 0.486 e. The van der Waals surface area contributed by atoms with Crippen LogP contribution < -0.4 is 14.8 Å². The van der Waals surface area contributed by atoms with Gasteiger partial charge in [0.2, 0.25) is 15.9 Å². The highest BCUT2D eigenvalue weighted by molar-refractivity contribution is 7.89. The van der Waals surface area contributed by atoms with Gasteiger partial charge in [0.1, 0.15) is 13.2 Å². The minimum atomic E-state index is -3.60. The average Bonchev–Trinajstić information content (AvgIpc) is 3.30. The third-order valence-corrected chi connectivity index (χ3v) is 6.96. The SMILES string of the molecule is CCCCN(C)S(=O)(=O)c1ccc(C(=O)Nc2nnc(-c3ccc4c(c3)OCCO4)o2)cc1. The van der Waals surface area contributed by atoms with E-state index in [1.54, 1.807) is 25.2 Å². The summed E-state index contributed by atoms with van der Waals surface area (Å²) in [7, 11) is -2.06. The highest BCUT2D eigenvalue weighted by atomic mass is 32.2. The molecule has 1 aliphatic heterocycles. The maximum atomic E-state index is 12.6. The Kier molecular flexibility index (Phi) is 6.61. The van der Waals surface area contributed by atoms with Gasteiger partial charge in [-0.1, -0.05) is 18.4 Å². The molecule has 0 aliphatic carbocycles. The van der Waals surface area contributed by atoms with E-state index in [9.17, 15) is 13.2 Å². The van der Waals surface area contributed by atoms with Gasteiger partial charge >= 0.3 is 6.01 Å². The van der Waals surface area contributed by atoms with Gasteiger partial charge in [0, 0.05) is 24.7 Å². The van der Waals surface area contributed by atoms with Crippen molar-refractivity contribution in [1.82, 2.24) is 14.5 Å². The number of unbranched alkanes of at least 4 members (excludes halogenated alkanes) is 1. The molecule has 0 bridgehead atoms. The zero-order valence-corrected chi connectivity index (χ0v) is 19.1. The van der Waals surface area contributed by atoms with Gasteiger partial charge in [0.05, 0.1) is 4.90 Å². The Morgan fingerprint density at radius 3 is 2.52 bits per heavy atom. The number of aromatic nitrogens is 2. The summed E-state index contributed by atoms with van der Waals surface area (Å²) >= 11 is 0. The first-order chi connectivity index (χ1) is 15.9. The molecule has 10 nitrogen and oxygen atoms in total. The van der Waals surface area contributed by atoms with Gasteiger partial charge in [-0.25, -0.2) is 12.7 Å². The summed E-state index contributed by atoms with van der Waals surface area (Å²) in [5, 5.41) is 10.3. The molecule has 1 aromatic heterocycles. The second kappa shape index (κ2) is 9.59. The molecule has 174 valence electrons. The summed E-state index contributed by atoms with van der Waals surface area (Å²) in [5.74, 6) is 0.924. The summed E-state index contributed by atoms with van der Waals surface area (Å²) in [6, 6.07) is 10.8. The maximum absolute atomic E-state index is 12.6. The summed E-state index contributed by atoms with van der Waals surface area (Å²) in [6.45, 7) is 3.38. The van der Waals surface area contributed by atoms with E-state index in [2.05, 4.69) is 15.5 Å². The van der Waals surface area contributed by atoms with Crippen LogP contribution in [0, 0.1) is 0 Å². The molecule has 0 fully saturated rings. The lowest BCUT2D eigenvalue weighted by Crippen LogP contribution is -2.28. The van der Waals surface area contributed by atoms with E-state index in [4.69, 9.17) is 13.9 Å². The van der Waals surface area contributed by atoms with Crippen LogP contribution in [0.25, 0.3) is 11.5 Å². The molecular weight excluding hydrogens is 448 g/mol. The molecule has 1 aliphatic rings. The van der Waals surface area contributed by atoms with Crippen LogP contribution in [0.15, 0.2) is 51.8 Å². The first-order valence-electron chi connectivity index (χ1n) is 10.5. The van der Waals surface area contributed by atoms with Crippen molar-refractivity contribution in [2.75, 3.05) is 32.1 Å². The Morgan fingerprint density at radius 2 is 1.79 bits per heavy atom. The minimum Gasteiger partial charge on any atom is -0.486 e. The van der Waals surface area contributed by atoms with E-state index in [1.165, 1.54) is 28.6 Å². The monoisotopic (exact) mass is 472 g/mol. The van der Waals surface area contributed by atoms with Crippen LogP contribution in [0.5, 0.6) is 11.5 Å². The topological polar surface area (TPSA) is 124 Å². The number of hydrogen-bond donors (Lipinski definition) is 1. The van der Waals surface area contributed by atoms with Crippen molar-refractivity contribution in [2.24, 2.45) is 0 Å². The Labute approximate surface area is 191 Å². The Bertz CT molecular complexity index is 1240. The number of nitrogens with one attached hydrogen (secondary N) is 1. The maximum Gasteiger partial charge on any atom is 0.322 e. The number of ether oxygens (including phenoxy) is 2. The molecule has 0 spiro atoms. The number of carbonyl (C=O) groups excluding carboxylic acids is 1. The molecule has 3 aromatic rings. The molecule has 0 unspecified atom stereocenters. The first-order valence-corrected chi connectivity index (χ1v) is 11.9. The molecule has 33 heavy (non-hydrogen) atoms. The number of nitrogens with zero attached hydrogens (tertiary/aromatic N) is 3. The lowest BCUT2D eigenvalue weighted by molar-refractivity contribution is 0.102. The van der Waals surface area contributed by atoms with Gasteiger partial charge < -0.3 is 13.9 Å². The normalized spacial score (nSPS) is 13.2. The zero-order chi connectivity index (χ0) is 23.4. The average molecular weight is 473 g/mol. The van der Waals surface area contributed by atoms with Crippen molar-refractivity contribution in [3.05, 3.63) is 48.0 Å². The van der Waals surface area contributed by atoms with E-state index in [0.29, 0.717) is 36.8 Å². The molecule has 11 heteroatoms. The van der Waals surface area contributed by atoms with E-state index >= 15 is 0 Å².